The van der Waals surface area contributed by atoms with Crippen LogP contribution in [0, 0.1) is 46.3 Å². The van der Waals surface area contributed by atoms with E-state index in [1.807, 2.05) is 6.08 Å². The number of rotatable bonds is 5. The molecule has 0 radical (unpaired) electrons. The molecule has 3 fully saturated rings. The summed E-state index contributed by atoms with van der Waals surface area (Å²) in [6.45, 7) is 15.9. The van der Waals surface area contributed by atoms with E-state index in [2.05, 4.69) is 53.3 Å². The van der Waals surface area contributed by atoms with Crippen molar-refractivity contribution in [2.75, 3.05) is 0 Å². The highest BCUT2D eigenvalue weighted by Gasteiger charge is 2.61. The molecule has 0 amide bonds. The van der Waals surface area contributed by atoms with Gasteiger partial charge < -0.3 is 5.11 Å². The summed E-state index contributed by atoms with van der Waals surface area (Å²) in [5, 5.41) is 10.2. The van der Waals surface area contributed by atoms with Gasteiger partial charge in [-0.3, -0.25) is 4.79 Å². The van der Waals surface area contributed by atoms with Gasteiger partial charge in [0, 0.05) is 5.92 Å². The van der Waals surface area contributed by atoms with Crippen LogP contribution in [0.15, 0.2) is 36.0 Å². The maximum atomic E-state index is 13.4. The van der Waals surface area contributed by atoms with Crippen molar-refractivity contribution in [1.82, 2.24) is 0 Å². The molecule has 0 heterocycles. The second-order valence-corrected chi connectivity index (χ2v) is 12.0. The van der Waals surface area contributed by atoms with Gasteiger partial charge >= 0.3 is 0 Å². The maximum absolute atomic E-state index is 13.4. The van der Waals surface area contributed by atoms with Crippen molar-refractivity contribution >= 4 is 5.78 Å². The number of aliphatic hydroxyl groups is 1. The van der Waals surface area contributed by atoms with Crippen LogP contribution >= 0.6 is 0 Å². The summed E-state index contributed by atoms with van der Waals surface area (Å²) in [6.07, 6.45) is 15.2. The van der Waals surface area contributed by atoms with Crippen LogP contribution < -0.4 is 0 Å². The van der Waals surface area contributed by atoms with Gasteiger partial charge in [0.05, 0.1) is 6.10 Å². The van der Waals surface area contributed by atoms with Crippen molar-refractivity contribution in [3.8, 4) is 0 Å². The van der Waals surface area contributed by atoms with E-state index in [0.717, 1.165) is 19.3 Å². The highest BCUT2D eigenvalue weighted by Crippen LogP contribution is 2.66. The zero-order valence-corrected chi connectivity index (χ0v) is 20.5. The first kappa shape index (κ1) is 23.0. The fourth-order valence-corrected chi connectivity index (χ4v) is 8.38. The summed E-state index contributed by atoms with van der Waals surface area (Å²) >= 11 is 0. The molecule has 31 heavy (non-hydrogen) atoms. The van der Waals surface area contributed by atoms with Gasteiger partial charge in [0.15, 0.2) is 5.78 Å². The molecule has 0 spiro atoms. The Hall–Kier alpha value is -1.15. The van der Waals surface area contributed by atoms with Gasteiger partial charge in [-0.1, -0.05) is 57.6 Å². The van der Waals surface area contributed by atoms with Crippen LogP contribution in [0.4, 0.5) is 0 Å². The van der Waals surface area contributed by atoms with Gasteiger partial charge in [-0.25, -0.2) is 0 Å². The molecule has 1 N–H and O–H groups in total. The lowest BCUT2D eigenvalue weighted by molar-refractivity contribution is -0.134. The number of carbonyl (C=O) groups is 1. The average molecular weight is 425 g/mol. The molecule has 0 aromatic rings. The quantitative estimate of drug-likeness (QED) is 0.487. The lowest BCUT2D eigenvalue weighted by atomic mass is 9.46. The van der Waals surface area contributed by atoms with Crippen LogP contribution in [0.1, 0.15) is 86.0 Å². The molecule has 4 rings (SSSR count). The maximum Gasteiger partial charge on any atom is 0.159 e. The smallest absolute Gasteiger partial charge is 0.159 e. The SMILES string of the molecule is C=C(C)[C@@H](/C=C/[C@@H](C)[C@H]1CC[C@H]2[C@@H]3C(=O)C=C4C[C@@H](O)CC[C@]4(C)[C@H]3CC[C@]12C)CC. The second-order valence-electron chi connectivity index (χ2n) is 12.0. The summed E-state index contributed by atoms with van der Waals surface area (Å²) < 4.78 is 0. The van der Waals surface area contributed by atoms with Gasteiger partial charge in [0.25, 0.3) is 0 Å². The average Bonchev–Trinajstić information content (AvgIpc) is 3.06. The lowest BCUT2D eigenvalue weighted by Crippen LogP contribution is -2.53. The Bertz CT molecular complexity index is 791. The van der Waals surface area contributed by atoms with Gasteiger partial charge in [0.1, 0.15) is 0 Å². The molecular formula is C29H44O2. The van der Waals surface area contributed by atoms with Crippen LogP contribution in [0.3, 0.4) is 0 Å². The van der Waals surface area contributed by atoms with E-state index in [1.54, 1.807) is 0 Å². The van der Waals surface area contributed by atoms with E-state index >= 15 is 0 Å². The first-order valence-electron chi connectivity index (χ1n) is 12.9. The van der Waals surface area contributed by atoms with Crippen molar-refractivity contribution in [3.05, 3.63) is 36.0 Å². The zero-order valence-electron chi connectivity index (χ0n) is 20.5. The van der Waals surface area contributed by atoms with Crippen molar-refractivity contribution < 1.29 is 9.90 Å². The Morgan fingerprint density at radius 2 is 1.94 bits per heavy atom. The van der Waals surface area contributed by atoms with Crippen LogP contribution in [0.5, 0.6) is 0 Å². The summed E-state index contributed by atoms with van der Waals surface area (Å²) in [5.74, 6) is 3.25. The van der Waals surface area contributed by atoms with E-state index in [4.69, 9.17) is 0 Å². The first-order chi connectivity index (χ1) is 14.6. The molecule has 2 nitrogen and oxygen atoms in total. The number of carbonyl (C=O) groups excluding carboxylic acids is 1. The second kappa shape index (κ2) is 8.32. The molecule has 0 aromatic heterocycles. The fourth-order valence-electron chi connectivity index (χ4n) is 8.38. The van der Waals surface area contributed by atoms with E-state index in [-0.39, 0.29) is 22.9 Å². The number of hydrogen-bond donors (Lipinski definition) is 1. The topological polar surface area (TPSA) is 37.3 Å². The van der Waals surface area contributed by atoms with Crippen molar-refractivity contribution in [3.63, 3.8) is 0 Å². The molecule has 0 unspecified atom stereocenters. The Morgan fingerprint density at radius 3 is 2.61 bits per heavy atom. The highest BCUT2D eigenvalue weighted by molar-refractivity contribution is 5.94. The number of hydrogen-bond acceptors (Lipinski definition) is 2. The molecule has 2 heteroatoms. The third-order valence-corrected chi connectivity index (χ3v) is 10.3. The first-order valence-corrected chi connectivity index (χ1v) is 12.9. The van der Waals surface area contributed by atoms with Gasteiger partial charge in [-0.15, -0.1) is 0 Å². The van der Waals surface area contributed by atoms with E-state index in [0.29, 0.717) is 41.8 Å². The minimum atomic E-state index is -0.257. The third-order valence-electron chi connectivity index (χ3n) is 10.3. The van der Waals surface area contributed by atoms with Gasteiger partial charge in [0.2, 0.25) is 0 Å². The monoisotopic (exact) mass is 424 g/mol. The molecular weight excluding hydrogens is 380 g/mol. The van der Waals surface area contributed by atoms with E-state index < -0.39 is 0 Å². The lowest BCUT2D eigenvalue weighted by Gasteiger charge is -2.57. The minimum absolute atomic E-state index is 0.124. The van der Waals surface area contributed by atoms with E-state index in [1.165, 1.54) is 36.8 Å². The normalized spacial score (nSPS) is 44.3. The molecule has 0 bridgehead atoms. The van der Waals surface area contributed by atoms with Crippen molar-refractivity contribution in [2.45, 2.75) is 92.1 Å². The molecule has 3 saturated carbocycles. The largest absolute Gasteiger partial charge is 0.393 e. The third kappa shape index (κ3) is 3.71. The number of ketones is 1. The Kier molecular flexibility index (Phi) is 6.18. The summed E-state index contributed by atoms with van der Waals surface area (Å²) in [6, 6.07) is 0. The molecule has 4 aliphatic rings. The molecule has 172 valence electrons. The number of fused-ring (bicyclic) bond motifs is 5. The Labute approximate surface area is 190 Å². The van der Waals surface area contributed by atoms with Crippen molar-refractivity contribution in [2.24, 2.45) is 46.3 Å². The van der Waals surface area contributed by atoms with Gasteiger partial charge in [-0.2, -0.15) is 0 Å². The molecule has 4 aliphatic carbocycles. The molecule has 9 atom stereocenters. The molecule has 0 aliphatic heterocycles. The van der Waals surface area contributed by atoms with E-state index in [9.17, 15) is 9.90 Å². The summed E-state index contributed by atoms with van der Waals surface area (Å²) in [4.78, 5) is 13.4. The predicted molar refractivity (Wildman–Crippen MR) is 128 cm³/mol. The number of aliphatic hydroxyl groups excluding tert-OH is 1. The van der Waals surface area contributed by atoms with Crippen LogP contribution in [-0.4, -0.2) is 17.0 Å². The predicted octanol–water partition coefficient (Wildman–Crippen LogP) is 6.90. The number of allylic oxidation sites excluding steroid dienone is 4. The highest BCUT2D eigenvalue weighted by atomic mass is 16.3. The fraction of sp³-hybridized carbons (Fsp3) is 0.759. The van der Waals surface area contributed by atoms with Crippen LogP contribution in [-0.2, 0) is 4.79 Å². The summed E-state index contributed by atoms with van der Waals surface area (Å²) in [5.41, 5.74) is 2.89. The van der Waals surface area contributed by atoms with Crippen molar-refractivity contribution in [1.29, 1.82) is 0 Å². The minimum Gasteiger partial charge on any atom is -0.393 e. The molecule has 0 saturated heterocycles. The van der Waals surface area contributed by atoms with Crippen LogP contribution in [0.25, 0.3) is 0 Å². The zero-order chi connectivity index (χ0) is 22.6. The Balaban J connectivity index is 1.58. The molecule has 0 aromatic carbocycles. The van der Waals surface area contributed by atoms with Crippen LogP contribution in [0.2, 0.25) is 0 Å². The van der Waals surface area contributed by atoms with Gasteiger partial charge in [-0.05, 0) is 105 Å². The Morgan fingerprint density at radius 1 is 1.19 bits per heavy atom. The standard InChI is InChI=1S/C29H44O2/c1-7-20(18(2)3)9-8-19(4)23-10-11-24-27-25(13-15-29(23,24)6)28(5)14-12-22(30)16-21(28)17-26(27)31/h8-9,17,19-20,22-25,27,30H,2,7,10-16H2,1,3-6H3/b9-8+/t19-,20-,22+,23-,24+,25+,27+,28+,29-/m1/s1. The summed E-state index contributed by atoms with van der Waals surface area (Å²) in [7, 11) is 0.